The van der Waals surface area contributed by atoms with Gasteiger partial charge in [-0.1, -0.05) is 19.1 Å². The van der Waals surface area contributed by atoms with Crippen LogP contribution in [-0.4, -0.2) is 34.3 Å². The number of nitrogens with zero attached hydrogens (tertiary/aromatic N) is 7. The Labute approximate surface area is 203 Å². The summed E-state index contributed by atoms with van der Waals surface area (Å²) in [4.78, 5) is 10.9. The second kappa shape index (κ2) is 8.41. The van der Waals surface area contributed by atoms with E-state index in [4.69, 9.17) is 5.73 Å². The van der Waals surface area contributed by atoms with Crippen molar-refractivity contribution < 1.29 is 17.6 Å². The maximum Gasteiger partial charge on any atom is 0.451 e. The molecule has 4 aromatic heterocycles. The number of halogens is 5. The summed E-state index contributed by atoms with van der Waals surface area (Å²) in [5.74, 6) is -1.77. The van der Waals surface area contributed by atoms with Gasteiger partial charge in [0.05, 0.1) is 17.5 Å². The zero-order valence-corrected chi connectivity index (χ0v) is 19.5. The Bertz CT molecular complexity index is 1540. The topological polar surface area (TPSA) is 99.8 Å². The van der Waals surface area contributed by atoms with Crippen molar-refractivity contribution in [1.29, 1.82) is 0 Å². The van der Waals surface area contributed by atoms with Crippen molar-refractivity contribution in [3.63, 3.8) is 0 Å². The zero-order valence-electron chi connectivity index (χ0n) is 17.9. The van der Waals surface area contributed by atoms with Gasteiger partial charge in [0, 0.05) is 29.0 Å². The smallest absolute Gasteiger partial charge is 0.382 e. The number of fused-ring (bicyclic) bond motifs is 1. The lowest BCUT2D eigenvalue weighted by Gasteiger charge is -2.12. The molecule has 0 aliphatic rings. The van der Waals surface area contributed by atoms with Gasteiger partial charge in [-0.2, -0.15) is 18.3 Å². The van der Waals surface area contributed by atoms with Crippen LogP contribution >= 0.6 is 15.9 Å². The Morgan fingerprint density at radius 2 is 1.80 bits per heavy atom. The molecule has 4 heterocycles. The lowest BCUT2D eigenvalue weighted by molar-refractivity contribution is -0.144. The van der Waals surface area contributed by atoms with Crippen LogP contribution < -0.4 is 5.73 Å². The van der Waals surface area contributed by atoms with E-state index >= 15 is 0 Å². The van der Waals surface area contributed by atoms with E-state index in [1.54, 1.807) is 41.2 Å². The van der Waals surface area contributed by atoms with Gasteiger partial charge < -0.3 is 5.73 Å². The first-order valence-electron chi connectivity index (χ1n) is 10.2. The first-order valence-corrected chi connectivity index (χ1v) is 11.0. The fourth-order valence-electron chi connectivity index (χ4n) is 3.65. The van der Waals surface area contributed by atoms with E-state index in [9.17, 15) is 17.6 Å². The van der Waals surface area contributed by atoms with Gasteiger partial charge in [0.2, 0.25) is 5.82 Å². The highest BCUT2D eigenvalue weighted by Gasteiger charge is 2.34. The van der Waals surface area contributed by atoms with Crippen LogP contribution in [0.15, 0.2) is 59.6 Å². The minimum absolute atomic E-state index is 0.0577. The van der Waals surface area contributed by atoms with Gasteiger partial charge in [-0.05, 0) is 39.7 Å². The number of nitrogens with two attached hydrogens (primary N) is 1. The molecule has 0 amide bonds. The molecule has 178 valence electrons. The van der Waals surface area contributed by atoms with Crippen LogP contribution in [0.5, 0.6) is 0 Å². The van der Waals surface area contributed by atoms with Crippen molar-refractivity contribution in [3.8, 4) is 17.1 Å². The van der Waals surface area contributed by atoms with E-state index in [1.807, 2.05) is 6.92 Å². The van der Waals surface area contributed by atoms with Crippen molar-refractivity contribution in [2.75, 3.05) is 5.73 Å². The third-order valence-corrected chi connectivity index (χ3v) is 6.06. The lowest BCUT2D eigenvalue weighted by atomic mass is 10.0. The molecule has 8 nitrogen and oxygen atoms in total. The molecule has 35 heavy (non-hydrogen) atoms. The van der Waals surface area contributed by atoms with E-state index in [1.165, 1.54) is 10.7 Å². The fraction of sp³-hybridized carbons (Fsp3) is 0.136. The number of benzene rings is 1. The summed E-state index contributed by atoms with van der Waals surface area (Å²) in [5, 5.41) is 8.78. The first kappa shape index (κ1) is 22.9. The molecule has 2 N–H and O–H groups in total. The van der Waals surface area contributed by atoms with Crippen LogP contribution in [0.3, 0.4) is 0 Å². The van der Waals surface area contributed by atoms with E-state index in [0.717, 1.165) is 18.0 Å². The Morgan fingerprint density at radius 3 is 2.49 bits per heavy atom. The summed E-state index contributed by atoms with van der Waals surface area (Å²) in [6.45, 7) is 1.91. The molecule has 0 saturated carbocycles. The highest BCUT2D eigenvalue weighted by molar-refractivity contribution is 9.10. The second-order valence-electron chi connectivity index (χ2n) is 7.68. The molecule has 0 spiro atoms. The maximum absolute atomic E-state index is 14.2. The van der Waals surface area contributed by atoms with Crippen molar-refractivity contribution in [3.05, 3.63) is 82.5 Å². The zero-order chi connectivity index (χ0) is 24.9. The molecule has 0 aliphatic carbocycles. The number of hydrogen-bond donors (Lipinski definition) is 1. The van der Waals surface area contributed by atoms with Crippen LogP contribution in [0, 0.1) is 5.82 Å². The highest BCUT2D eigenvalue weighted by Crippen LogP contribution is 2.35. The van der Waals surface area contributed by atoms with Crippen molar-refractivity contribution in [1.82, 2.24) is 34.3 Å². The quantitative estimate of drug-likeness (QED) is 0.317. The summed E-state index contributed by atoms with van der Waals surface area (Å²) in [5.41, 5.74) is 8.57. The number of rotatable bonds is 4. The van der Waals surface area contributed by atoms with E-state index in [-0.39, 0.29) is 23.1 Å². The molecule has 0 aliphatic heterocycles. The monoisotopic (exact) mass is 546 g/mol. The van der Waals surface area contributed by atoms with Crippen LogP contribution in [0.2, 0.25) is 0 Å². The molecule has 1 aromatic carbocycles. The maximum atomic E-state index is 14.2. The van der Waals surface area contributed by atoms with Gasteiger partial charge in [-0.3, -0.25) is 0 Å². The van der Waals surface area contributed by atoms with Crippen LogP contribution in [0.4, 0.5) is 23.4 Å². The summed E-state index contributed by atoms with van der Waals surface area (Å²) >= 11 is 3.54. The average molecular weight is 547 g/mol. The van der Waals surface area contributed by atoms with Crippen LogP contribution in [0.25, 0.3) is 22.6 Å². The molecule has 1 atom stereocenters. The first-order chi connectivity index (χ1) is 16.6. The molecule has 0 saturated heterocycles. The molecule has 13 heteroatoms. The molecule has 0 bridgehead atoms. The fourth-order valence-corrected chi connectivity index (χ4v) is 4.38. The summed E-state index contributed by atoms with van der Waals surface area (Å²) < 4.78 is 56.3. The number of nitrogen functional groups attached to an aromatic ring is 1. The normalized spacial score (nSPS) is 12.9. The Morgan fingerprint density at radius 1 is 1.09 bits per heavy atom. The summed E-state index contributed by atoms with van der Waals surface area (Å²) in [7, 11) is 0. The van der Waals surface area contributed by atoms with Gasteiger partial charge in [0.1, 0.15) is 17.0 Å². The van der Waals surface area contributed by atoms with Crippen molar-refractivity contribution >= 4 is 27.3 Å². The number of para-hydroxylation sites is 1. The standard InChI is InChI=1S/C22H15BrF4N8/c1-11(13-9-31-34(10-13)16-5-3-2-4-15(16)24)18-14(23)6-17-19(28)32-20(33-35(17)18)12-7-29-21(30-8-12)22(25,26)27/h2-11H,1H3,(H2,28,32,33). The van der Waals surface area contributed by atoms with E-state index in [2.05, 4.69) is 41.1 Å². The largest absolute Gasteiger partial charge is 0.451 e. The molecule has 0 fully saturated rings. The third kappa shape index (κ3) is 4.11. The van der Waals surface area contributed by atoms with Gasteiger partial charge in [0.15, 0.2) is 11.6 Å². The number of aromatic nitrogens is 7. The SMILES string of the molecule is CC(c1cnn(-c2ccccc2F)c1)c1c(Br)cc2c(N)nc(-c3cnc(C(F)(F)F)nc3)nn12. The molecule has 5 rings (SSSR count). The van der Waals surface area contributed by atoms with E-state index in [0.29, 0.717) is 21.4 Å². The number of hydrogen-bond acceptors (Lipinski definition) is 6. The van der Waals surface area contributed by atoms with Gasteiger partial charge in [-0.15, -0.1) is 5.10 Å². The van der Waals surface area contributed by atoms with Gasteiger partial charge >= 0.3 is 6.18 Å². The van der Waals surface area contributed by atoms with Crippen molar-refractivity contribution in [2.24, 2.45) is 0 Å². The predicted octanol–water partition coefficient (Wildman–Crippen LogP) is 5.03. The van der Waals surface area contributed by atoms with Gasteiger partial charge in [0.25, 0.3) is 0 Å². The molecule has 0 radical (unpaired) electrons. The predicted molar refractivity (Wildman–Crippen MR) is 122 cm³/mol. The Hall–Kier alpha value is -3.87. The minimum Gasteiger partial charge on any atom is -0.382 e. The van der Waals surface area contributed by atoms with Crippen LogP contribution in [-0.2, 0) is 6.18 Å². The molecule has 1 unspecified atom stereocenters. The van der Waals surface area contributed by atoms with Gasteiger partial charge in [-0.25, -0.2) is 28.5 Å². The number of alkyl halides is 3. The third-order valence-electron chi connectivity index (χ3n) is 5.42. The number of anilines is 1. The van der Waals surface area contributed by atoms with Crippen molar-refractivity contribution in [2.45, 2.75) is 19.0 Å². The summed E-state index contributed by atoms with van der Waals surface area (Å²) in [6.07, 6.45) is 0.665. The Kier molecular flexibility index (Phi) is 5.50. The molecular formula is C22H15BrF4N8. The second-order valence-corrected chi connectivity index (χ2v) is 8.53. The lowest BCUT2D eigenvalue weighted by Crippen LogP contribution is -2.11. The Balaban J connectivity index is 1.57. The average Bonchev–Trinajstić information content (AvgIpc) is 3.43. The summed E-state index contributed by atoms with van der Waals surface area (Å²) in [6, 6.07) is 8.02. The highest BCUT2D eigenvalue weighted by atomic mass is 79.9. The van der Waals surface area contributed by atoms with Crippen LogP contribution in [0.1, 0.15) is 29.9 Å². The molecule has 5 aromatic rings. The van der Waals surface area contributed by atoms with E-state index < -0.39 is 17.8 Å². The molecular weight excluding hydrogens is 532 g/mol. The minimum atomic E-state index is -4.66.